The molecule has 0 aliphatic heterocycles. The fraction of sp³-hybridized carbons (Fsp3) is 0.300. The highest BCUT2D eigenvalue weighted by molar-refractivity contribution is 9.09. The quantitative estimate of drug-likeness (QED) is 0.841. The van der Waals surface area contributed by atoms with E-state index in [2.05, 4.69) is 21.2 Å². The fourth-order valence-electron chi connectivity index (χ4n) is 1.15. The van der Waals surface area contributed by atoms with Crippen molar-refractivity contribution in [2.45, 2.75) is 0 Å². The highest BCUT2D eigenvalue weighted by Gasteiger charge is 2.05. The van der Waals surface area contributed by atoms with E-state index in [1.165, 1.54) is 0 Å². The number of amides is 1. The number of nitrogens with one attached hydrogen (secondary N) is 1. The lowest BCUT2D eigenvalue weighted by Gasteiger charge is -2.17. The molecule has 0 atom stereocenters. The molecule has 0 saturated heterocycles. The topological polar surface area (TPSA) is 32.3 Å². The third-order valence-electron chi connectivity index (χ3n) is 1.78. The third kappa shape index (κ3) is 2.73. The largest absolute Gasteiger partial charge is 0.376 e. The first-order valence-electron chi connectivity index (χ1n) is 4.27. The van der Waals surface area contributed by atoms with Crippen LogP contribution in [0.4, 0.5) is 11.4 Å². The molecule has 76 valence electrons. The summed E-state index contributed by atoms with van der Waals surface area (Å²) < 4.78 is 0. The van der Waals surface area contributed by atoms with Crippen LogP contribution in [0.3, 0.4) is 0 Å². The Labute approximate surface area is 92.2 Å². The van der Waals surface area contributed by atoms with E-state index >= 15 is 0 Å². The standard InChI is InChI=1S/C10H13BrN2O/c1-13(2)9-6-4-3-5-8(9)12-10(14)7-11/h3-6H,7H2,1-2H3,(H,12,14). The van der Waals surface area contributed by atoms with E-state index in [0.717, 1.165) is 11.4 Å². The molecule has 0 fully saturated rings. The van der Waals surface area contributed by atoms with Crippen LogP contribution in [-0.2, 0) is 4.79 Å². The molecule has 1 N–H and O–H groups in total. The van der Waals surface area contributed by atoms with Crippen LogP contribution in [0.2, 0.25) is 0 Å². The summed E-state index contributed by atoms with van der Waals surface area (Å²) in [5, 5.41) is 3.13. The van der Waals surface area contributed by atoms with E-state index in [-0.39, 0.29) is 5.91 Å². The minimum atomic E-state index is -0.0423. The monoisotopic (exact) mass is 256 g/mol. The first-order chi connectivity index (χ1) is 6.65. The molecule has 0 aromatic heterocycles. The fourth-order valence-corrected chi connectivity index (χ4v) is 1.29. The van der Waals surface area contributed by atoms with Gasteiger partial charge in [-0.15, -0.1) is 0 Å². The molecule has 3 nitrogen and oxygen atoms in total. The molecule has 0 aliphatic rings. The molecule has 0 saturated carbocycles. The molecule has 0 aliphatic carbocycles. The summed E-state index contributed by atoms with van der Waals surface area (Å²) in [5.41, 5.74) is 1.84. The highest BCUT2D eigenvalue weighted by Crippen LogP contribution is 2.23. The van der Waals surface area contributed by atoms with Crippen LogP contribution in [-0.4, -0.2) is 25.3 Å². The maximum absolute atomic E-state index is 11.2. The number of para-hydroxylation sites is 2. The summed E-state index contributed by atoms with van der Waals surface area (Å²) in [6, 6.07) is 7.69. The summed E-state index contributed by atoms with van der Waals surface area (Å²) in [6.45, 7) is 0. The number of nitrogens with zero attached hydrogens (tertiary/aromatic N) is 1. The number of benzene rings is 1. The molecule has 0 heterocycles. The number of anilines is 2. The Balaban J connectivity index is 2.90. The molecule has 0 bridgehead atoms. The van der Waals surface area contributed by atoms with Crippen molar-refractivity contribution in [3.63, 3.8) is 0 Å². The van der Waals surface area contributed by atoms with Crippen LogP contribution >= 0.6 is 15.9 Å². The molecule has 1 aromatic rings. The number of alkyl halides is 1. The summed E-state index contributed by atoms with van der Waals surface area (Å²) >= 11 is 3.11. The van der Waals surface area contributed by atoms with Crippen molar-refractivity contribution in [1.29, 1.82) is 0 Å². The van der Waals surface area contributed by atoms with Crippen LogP contribution in [0.15, 0.2) is 24.3 Å². The molecule has 1 amide bonds. The van der Waals surface area contributed by atoms with Crippen molar-refractivity contribution in [2.24, 2.45) is 0 Å². The Morgan fingerprint density at radius 2 is 2.07 bits per heavy atom. The molecular formula is C10H13BrN2O. The SMILES string of the molecule is CN(C)c1ccccc1NC(=O)CBr. The minimum Gasteiger partial charge on any atom is -0.376 e. The van der Waals surface area contributed by atoms with Gasteiger partial charge in [-0.2, -0.15) is 0 Å². The summed E-state index contributed by atoms with van der Waals surface area (Å²) in [6.07, 6.45) is 0. The van der Waals surface area contributed by atoms with E-state index in [1.54, 1.807) is 0 Å². The van der Waals surface area contributed by atoms with Gasteiger partial charge in [-0.3, -0.25) is 4.79 Å². The third-order valence-corrected chi connectivity index (χ3v) is 2.29. The average molecular weight is 257 g/mol. The smallest absolute Gasteiger partial charge is 0.235 e. The Hall–Kier alpha value is -1.03. The van der Waals surface area contributed by atoms with E-state index in [9.17, 15) is 4.79 Å². The van der Waals surface area contributed by atoms with Crippen molar-refractivity contribution >= 4 is 33.2 Å². The molecule has 1 aromatic carbocycles. The number of rotatable bonds is 3. The van der Waals surface area contributed by atoms with Gasteiger partial charge in [-0.1, -0.05) is 28.1 Å². The first-order valence-corrected chi connectivity index (χ1v) is 5.39. The number of hydrogen-bond donors (Lipinski definition) is 1. The number of carbonyl (C=O) groups excluding carboxylic acids is 1. The van der Waals surface area contributed by atoms with Gasteiger partial charge in [0.1, 0.15) is 0 Å². The van der Waals surface area contributed by atoms with Crippen LogP contribution in [0, 0.1) is 0 Å². The van der Waals surface area contributed by atoms with E-state index in [0.29, 0.717) is 5.33 Å². The van der Waals surface area contributed by atoms with Crippen molar-refractivity contribution in [3.05, 3.63) is 24.3 Å². The molecule has 14 heavy (non-hydrogen) atoms. The summed E-state index contributed by atoms with van der Waals surface area (Å²) in [4.78, 5) is 13.1. The van der Waals surface area contributed by atoms with E-state index < -0.39 is 0 Å². The summed E-state index contributed by atoms with van der Waals surface area (Å²) in [7, 11) is 3.89. The lowest BCUT2D eigenvalue weighted by atomic mass is 10.2. The van der Waals surface area contributed by atoms with Crippen molar-refractivity contribution < 1.29 is 4.79 Å². The van der Waals surface area contributed by atoms with Crippen molar-refractivity contribution in [3.8, 4) is 0 Å². The normalized spacial score (nSPS) is 9.64. The Morgan fingerprint density at radius 3 is 2.64 bits per heavy atom. The van der Waals surface area contributed by atoms with E-state index in [1.807, 2.05) is 43.3 Å². The zero-order valence-corrected chi connectivity index (χ0v) is 9.84. The van der Waals surface area contributed by atoms with Gasteiger partial charge < -0.3 is 10.2 Å². The number of halogens is 1. The van der Waals surface area contributed by atoms with Crippen LogP contribution in [0.25, 0.3) is 0 Å². The molecular weight excluding hydrogens is 244 g/mol. The predicted molar refractivity (Wildman–Crippen MR) is 63.2 cm³/mol. The molecule has 0 radical (unpaired) electrons. The first kappa shape index (κ1) is 11.0. The Morgan fingerprint density at radius 1 is 1.43 bits per heavy atom. The predicted octanol–water partition coefficient (Wildman–Crippen LogP) is 2.09. The van der Waals surface area contributed by atoms with E-state index in [4.69, 9.17) is 0 Å². The number of hydrogen-bond acceptors (Lipinski definition) is 2. The second kappa shape index (κ2) is 5.00. The summed E-state index contributed by atoms with van der Waals surface area (Å²) in [5.74, 6) is -0.0423. The van der Waals surface area contributed by atoms with Crippen molar-refractivity contribution in [1.82, 2.24) is 0 Å². The number of carbonyl (C=O) groups is 1. The lowest BCUT2D eigenvalue weighted by molar-refractivity contribution is -0.113. The van der Waals surface area contributed by atoms with Crippen LogP contribution < -0.4 is 10.2 Å². The minimum absolute atomic E-state index is 0.0423. The molecule has 0 spiro atoms. The average Bonchev–Trinajstić information content (AvgIpc) is 2.18. The maximum Gasteiger partial charge on any atom is 0.235 e. The van der Waals surface area contributed by atoms with Gasteiger partial charge in [-0.25, -0.2) is 0 Å². The second-order valence-electron chi connectivity index (χ2n) is 3.09. The van der Waals surface area contributed by atoms with Gasteiger partial charge in [-0.05, 0) is 12.1 Å². The van der Waals surface area contributed by atoms with Gasteiger partial charge in [0.2, 0.25) is 5.91 Å². The van der Waals surface area contributed by atoms with Crippen LogP contribution in [0.5, 0.6) is 0 Å². The van der Waals surface area contributed by atoms with Crippen molar-refractivity contribution in [2.75, 3.05) is 29.6 Å². The molecule has 1 rings (SSSR count). The van der Waals surface area contributed by atoms with Gasteiger partial charge in [0.05, 0.1) is 16.7 Å². The molecule has 4 heteroatoms. The maximum atomic E-state index is 11.2. The van der Waals surface area contributed by atoms with Gasteiger partial charge in [0.15, 0.2) is 0 Å². The second-order valence-corrected chi connectivity index (χ2v) is 3.65. The van der Waals surface area contributed by atoms with Crippen LogP contribution in [0.1, 0.15) is 0 Å². The Bertz CT molecular complexity index is 326. The highest BCUT2D eigenvalue weighted by atomic mass is 79.9. The van der Waals surface area contributed by atoms with Gasteiger partial charge in [0, 0.05) is 14.1 Å². The Kier molecular flexibility index (Phi) is 3.95. The molecule has 0 unspecified atom stereocenters. The zero-order chi connectivity index (χ0) is 10.6. The zero-order valence-electron chi connectivity index (χ0n) is 8.25. The lowest BCUT2D eigenvalue weighted by Crippen LogP contribution is -2.16. The van der Waals surface area contributed by atoms with Gasteiger partial charge >= 0.3 is 0 Å². The van der Waals surface area contributed by atoms with Gasteiger partial charge in [0.25, 0.3) is 0 Å².